The van der Waals surface area contributed by atoms with Gasteiger partial charge in [-0.1, -0.05) is 106 Å². The topological polar surface area (TPSA) is 125 Å². The molecule has 0 N–H and O–H groups in total. The van der Waals surface area contributed by atoms with Crippen molar-refractivity contribution in [3.8, 4) is 34.5 Å². The Morgan fingerprint density at radius 2 is 0.364 bits per heavy atom. The van der Waals surface area contributed by atoms with Gasteiger partial charge in [0.25, 0.3) is 0 Å². The first-order chi connectivity index (χ1) is 25.9. The third-order valence-corrected chi connectivity index (χ3v) is 9.36. The van der Waals surface area contributed by atoms with Gasteiger partial charge in [0.1, 0.15) is 34.5 Å². The van der Waals surface area contributed by atoms with Gasteiger partial charge < -0.3 is 41.8 Å². The average Bonchev–Trinajstić information content (AvgIpc) is 3.15. The molecule has 0 unspecified atom stereocenters. The molecule has 0 aliphatic heterocycles. The predicted molar refractivity (Wildman–Crippen MR) is 217 cm³/mol. The van der Waals surface area contributed by atoms with Crippen LogP contribution in [0.25, 0.3) is 0 Å². The Morgan fingerprint density at radius 1 is 0.255 bits per heavy atom. The van der Waals surface area contributed by atoms with Gasteiger partial charge in [0.15, 0.2) is 0 Å². The molecule has 0 saturated carbocycles. The van der Waals surface area contributed by atoms with Crippen LogP contribution in [0.2, 0.25) is 0 Å². The molecular formula is C42H42O9P3Sb. The van der Waals surface area contributed by atoms with Gasteiger partial charge in [-0.05, 0) is 114 Å². The van der Waals surface area contributed by atoms with Gasteiger partial charge in [0.05, 0.1) is 0 Å². The first-order valence-corrected chi connectivity index (χ1v) is 20.1. The summed E-state index contributed by atoms with van der Waals surface area (Å²) in [5.74, 6) is 3.22. The molecule has 6 aromatic rings. The summed E-state index contributed by atoms with van der Waals surface area (Å²) in [6.45, 7) is 11.9. The molecular weight excluding hydrogens is 863 g/mol. The fraction of sp³-hybridized carbons (Fsp3) is 0.143. The largest absolute Gasteiger partial charge is 3.00 e. The zero-order valence-corrected chi connectivity index (χ0v) is 36.6. The van der Waals surface area contributed by atoms with Crippen LogP contribution in [-0.2, 0) is 0 Å². The first-order valence-electron chi connectivity index (χ1n) is 16.8. The molecule has 0 aromatic heterocycles. The van der Waals surface area contributed by atoms with Crippen LogP contribution in [0, 0.1) is 41.5 Å². The van der Waals surface area contributed by atoms with E-state index in [1.165, 1.54) is 0 Å². The first kappa shape index (κ1) is 45.5. The third-order valence-electron chi connectivity index (χ3n) is 7.21. The van der Waals surface area contributed by atoms with Crippen LogP contribution in [0.15, 0.2) is 146 Å². The Labute approximate surface area is 345 Å². The van der Waals surface area contributed by atoms with Crippen LogP contribution in [0.3, 0.4) is 0 Å². The molecule has 2 radical (unpaired) electrons. The van der Waals surface area contributed by atoms with Gasteiger partial charge in [0, 0.05) is 0 Å². The minimum atomic E-state index is -2.20. The summed E-state index contributed by atoms with van der Waals surface area (Å²) in [5, 5.41) is 0. The Morgan fingerprint density at radius 3 is 0.473 bits per heavy atom. The Bertz CT molecular complexity index is 1580. The molecule has 284 valence electrons. The molecule has 0 aliphatic carbocycles. The van der Waals surface area contributed by atoms with Crippen molar-refractivity contribution in [3.63, 3.8) is 0 Å². The van der Waals surface area contributed by atoms with Crippen LogP contribution >= 0.6 is 25.8 Å². The number of hydrogen-bond donors (Lipinski definition) is 0. The van der Waals surface area contributed by atoms with E-state index >= 15 is 0 Å². The third kappa shape index (κ3) is 18.1. The SMILES string of the molecule is Cc1ccc(OP([O-])Oc2ccc(C)cc2)cc1.Cc1ccc(OP([O-])Oc2ccc(C)cc2)cc1.Cc1ccc(OP([O-])Oc2ccc(C)cc2)cc1.[Sb+3]. The van der Waals surface area contributed by atoms with E-state index in [1.807, 2.05) is 114 Å². The summed E-state index contributed by atoms with van der Waals surface area (Å²) in [6, 6.07) is 43.9. The molecule has 0 aliphatic rings. The molecule has 0 spiro atoms. The molecule has 9 nitrogen and oxygen atoms in total. The normalized spacial score (nSPS) is 10.3. The van der Waals surface area contributed by atoms with E-state index in [4.69, 9.17) is 27.1 Å². The second-order valence-corrected chi connectivity index (χ2v) is 14.5. The van der Waals surface area contributed by atoms with E-state index in [9.17, 15) is 14.7 Å². The van der Waals surface area contributed by atoms with E-state index in [1.54, 1.807) is 72.8 Å². The number of hydrogen-bond acceptors (Lipinski definition) is 9. The number of benzene rings is 6. The zero-order chi connectivity index (χ0) is 38.9. The summed E-state index contributed by atoms with van der Waals surface area (Å²) in [4.78, 5) is 35.0. The van der Waals surface area contributed by atoms with E-state index in [0.717, 1.165) is 33.4 Å². The average molecular weight is 905 g/mol. The van der Waals surface area contributed by atoms with Crippen molar-refractivity contribution in [2.75, 3.05) is 0 Å². The summed E-state index contributed by atoms with van der Waals surface area (Å²) in [7, 11) is -6.61. The number of aryl methyl sites for hydroxylation is 6. The zero-order valence-electron chi connectivity index (χ0n) is 31.3. The monoisotopic (exact) mass is 904 g/mol. The second-order valence-electron chi connectivity index (χ2n) is 12.1. The van der Waals surface area contributed by atoms with E-state index in [0.29, 0.717) is 34.5 Å². The standard InChI is InChI=1S/3C14H14O3P.Sb/c3*1-11-3-7-13(8-4-11)16-18(15)17-14-9-5-12(2)6-10-14;/h3*3-10H,1-2H3;/q3*-1;+3. The molecule has 0 fully saturated rings. The van der Waals surface area contributed by atoms with E-state index in [-0.39, 0.29) is 24.4 Å². The van der Waals surface area contributed by atoms with Crippen LogP contribution < -0.4 is 41.8 Å². The van der Waals surface area contributed by atoms with Gasteiger partial charge >= 0.3 is 24.4 Å². The maximum atomic E-state index is 11.7. The fourth-order valence-electron chi connectivity index (χ4n) is 4.17. The summed E-state index contributed by atoms with van der Waals surface area (Å²) >= 11 is 0. The smallest absolute Gasteiger partial charge is 0.765 e. The van der Waals surface area contributed by atoms with Crippen molar-refractivity contribution in [1.29, 1.82) is 0 Å². The minimum Gasteiger partial charge on any atom is -0.765 e. The van der Waals surface area contributed by atoms with Crippen LogP contribution in [-0.4, -0.2) is 24.4 Å². The van der Waals surface area contributed by atoms with Crippen LogP contribution in [0.4, 0.5) is 0 Å². The molecule has 55 heavy (non-hydrogen) atoms. The summed E-state index contributed by atoms with van der Waals surface area (Å²) < 4.78 is 31.1. The quantitative estimate of drug-likeness (QED) is 0.0873. The van der Waals surface area contributed by atoms with Crippen LogP contribution in [0.1, 0.15) is 33.4 Å². The van der Waals surface area contributed by atoms with Crippen molar-refractivity contribution in [2.45, 2.75) is 41.5 Å². The molecule has 0 heterocycles. The maximum absolute atomic E-state index is 11.7. The van der Waals surface area contributed by atoms with Crippen molar-refractivity contribution < 1.29 is 41.8 Å². The van der Waals surface area contributed by atoms with E-state index in [2.05, 4.69) is 0 Å². The van der Waals surface area contributed by atoms with Crippen LogP contribution in [0.5, 0.6) is 34.5 Å². The molecule has 6 aromatic carbocycles. The van der Waals surface area contributed by atoms with Gasteiger partial charge in [-0.3, -0.25) is 0 Å². The Hall–Kier alpha value is -3.89. The molecule has 0 atom stereocenters. The summed E-state index contributed by atoms with van der Waals surface area (Å²) in [5.41, 5.74) is 6.73. The summed E-state index contributed by atoms with van der Waals surface area (Å²) in [6.07, 6.45) is 0. The Kier molecular flexibility index (Phi) is 19.8. The molecule has 0 bridgehead atoms. The minimum absolute atomic E-state index is 0. The number of rotatable bonds is 12. The van der Waals surface area contributed by atoms with Gasteiger partial charge in [-0.15, -0.1) is 0 Å². The maximum Gasteiger partial charge on any atom is 3.00 e. The Balaban J connectivity index is 0.000000220. The van der Waals surface area contributed by atoms with Gasteiger partial charge in [-0.25, -0.2) is 0 Å². The molecule has 0 saturated heterocycles. The van der Waals surface area contributed by atoms with Crippen molar-refractivity contribution in [3.05, 3.63) is 179 Å². The molecule has 6 rings (SSSR count). The second kappa shape index (κ2) is 23.9. The molecule has 0 amide bonds. The van der Waals surface area contributed by atoms with Gasteiger partial charge in [-0.2, -0.15) is 0 Å². The van der Waals surface area contributed by atoms with E-state index < -0.39 is 25.8 Å². The fourth-order valence-corrected chi connectivity index (χ4v) is 6.04. The van der Waals surface area contributed by atoms with Crippen molar-refractivity contribution >= 4 is 50.2 Å². The van der Waals surface area contributed by atoms with Gasteiger partial charge in [0.2, 0.25) is 25.8 Å². The van der Waals surface area contributed by atoms with Crippen molar-refractivity contribution in [1.82, 2.24) is 0 Å². The molecule has 13 heteroatoms. The van der Waals surface area contributed by atoms with Crippen molar-refractivity contribution in [2.24, 2.45) is 0 Å². The predicted octanol–water partition coefficient (Wildman–Crippen LogP) is 9.66.